The van der Waals surface area contributed by atoms with E-state index >= 15 is 0 Å². The third-order valence-electron chi connectivity index (χ3n) is 6.86. The van der Waals surface area contributed by atoms with Crippen LogP contribution in [0.25, 0.3) is 11.1 Å². The number of benzene rings is 2. The van der Waals surface area contributed by atoms with Gasteiger partial charge in [0.2, 0.25) is 5.91 Å². The molecule has 1 aliphatic rings. The molecule has 0 aliphatic heterocycles. The van der Waals surface area contributed by atoms with Gasteiger partial charge in [0.05, 0.1) is 18.8 Å². The van der Waals surface area contributed by atoms with Crippen molar-refractivity contribution in [1.29, 1.82) is 0 Å². The average Bonchev–Trinajstić information content (AvgIpc) is 3.72. The van der Waals surface area contributed by atoms with Gasteiger partial charge in [0.25, 0.3) is 0 Å². The molecular formula is C30H38ClN3O3. The lowest BCUT2D eigenvalue weighted by Gasteiger charge is -2.29. The van der Waals surface area contributed by atoms with Crippen LogP contribution in [0.15, 0.2) is 72.9 Å². The zero-order valence-corrected chi connectivity index (χ0v) is 22.9. The van der Waals surface area contributed by atoms with Crippen LogP contribution in [-0.2, 0) is 20.9 Å². The van der Waals surface area contributed by atoms with Crippen molar-refractivity contribution in [3.8, 4) is 11.1 Å². The Kier molecular flexibility index (Phi) is 10.2. The third-order valence-corrected chi connectivity index (χ3v) is 6.86. The summed E-state index contributed by atoms with van der Waals surface area (Å²) in [5, 5.41) is 0. The molecule has 6 nitrogen and oxygen atoms in total. The molecule has 7 heteroatoms. The number of rotatable bonds is 11. The number of hydrogen-bond donors (Lipinski definition) is 1. The average molecular weight is 524 g/mol. The van der Waals surface area contributed by atoms with Crippen LogP contribution in [0.3, 0.4) is 0 Å². The number of amides is 1. The largest absolute Gasteiger partial charge is 0.380 e. The van der Waals surface area contributed by atoms with Gasteiger partial charge in [-0.3, -0.25) is 9.78 Å². The van der Waals surface area contributed by atoms with E-state index in [0.717, 1.165) is 34.5 Å². The highest BCUT2D eigenvalue weighted by atomic mass is 35.5. The van der Waals surface area contributed by atoms with Crippen LogP contribution in [0.1, 0.15) is 44.4 Å². The first-order chi connectivity index (χ1) is 17.4. The van der Waals surface area contributed by atoms with Crippen molar-refractivity contribution < 1.29 is 14.3 Å². The Labute approximate surface area is 226 Å². The number of carbonyl (C=O) groups is 1. The standard InChI is InChI=1S/C30H37N3O3.ClH/c1-20(2)36-19-22-8-10-23(11-9-22)24-12-14-25(15-13-24)33(18-28(31)21(3)35-4)30(34)27-17-26(27)29-7-5-6-16-32-29;/h5-16,20-21,26-28H,17-19,31H2,1-4H3;1H/t21-,26-,27-,28-;/m1./s1. The lowest BCUT2D eigenvalue weighted by atomic mass is 10.0. The van der Waals surface area contributed by atoms with Gasteiger partial charge in [-0.15, -0.1) is 12.4 Å². The molecule has 37 heavy (non-hydrogen) atoms. The highest BCUT2D eigenvalue weighted by Crippen LogP contribution is 2.48. The fraction of sp³-hybridized carbons (Fsp3) is 0.400. The van der Waals surface area contributed by atoms with Gasteiger partial charge < -0.3 is 20.1 Å². The van der Waals surface area contributed by atoms with Crippen molar-refractivity contribution in [1.82, 2.24) is 4.98 Å². The SMILES string of the molecule is CO[C@H](C)[C@H](N)CN(C(=O)[C@@H]1C[C@H]1c1ccccn1)c1ccc(-c2ccc(COC(C)C)cc2)cc1.Cl. The van der Waals surface area contributed by atoms with E-state index in [9.17, 15) is 4.79 Å². The van der Waals surface area contributed by atoms with Gasteiger partial charge in [-0.2, -0.15) is 0 Å². The molecular weight excluding hydrogens is 486 g/mol. The maximum atomic E-state index is 13.6. The zero-order valence-electron chi connectivity index (χ0n) is 22.0. The van der Waals surface area contributed by atoms with Crippen LogP contribution >= 0.6 is 12.4 Å². The summed E-state index contributed by atoms with van der Waals surface area (Å²) < 4.78 is 11.1. The van der Waals surface area contributed by atoms with E-state index in [2.05, 4.69) is 41.4 Å². The van der Waals surface area contributed by atoms with Crippen LogP contribution < -0.4 is 10.6 Å². The van der Waals surface area contributed by atoms with Crippen molar-refractivity contribution in [3.63, 3.8) is 0 Å². The lowest BCUT2D eigenvalue weighted by Crippen LogP contribution is -2.47. The van der Waals surface area contributed by atoms with E-state index in [1.54, 1.807) is 13.3 Å². The Balaban J connectivity index is 0.00000380. The molecule has 1 aliphatic carbocycles. The zero-order chi connectivity index (χ0) is 25.7. The summed E-state index contributed by atoms with van der Waals surface area (Å²) in [4.78, 5) is 19.9. The van der Waals surface area contributed by atoms with Crippen molar-refractivity contribution in [2.45, 2.75) is 58.0 Å². The summed E-state index contributed by atoms with van der Waals surface area (Å²) in [6.07, 6.45) is 2.64. The molecule has 1 amide bonds. The van der Waals surface area contributed by atoms with E-state index in [1.807, 2.05) is 56.0 Å². The van der Waals surface area contributed by atoms with E-state index in [1.165, 1.54) is 0 Å². The molecule has 1 heterocycles. The molecule has 2 aromatic carbocycles. The topological polar surface area (TPSA) is 77.7 Å². The first kappa shape index (κ1) is 28.8. The van der Waals surface area contributed by atoms with E-state index in [0.29, 0.717) is 13.2 Å². The van der Waals surface area contributed by atoms with Crippen molar-refractivity contribution >= 4 is 24.0 Å². The molecule has 4 atom stereocenters. The van der Waals surface area contributed by atoms with Crippen LogP contribution in [0.5, 0.6) is 0 Å². The highest BCUT2D eigenvalue weighted by molar-refractivity contribution is 5.97. The quantitative estimate of drug-likeness (QED) is 0.354. The summed E-state index contributed by atoms with van der Waals surface area (Å²) in [6, 6.07) is 22.1. The Hall–Kier alpha value is -2.77. The second-order valence-electron chi connectivity index (χ2n) is 9.86. The first-order valence-corrected chi connectivity index (χ1v) is 12.7. The van der Waals surface area contributed by atoms with Crippen LogP contribution in [0.4, 0.5) is 5.69 Å². The number of carbonyl (C=O) groups excluding carboxylic acids is 1. The molecule has 0 saturated heterocycles. The minimum Gasteiger partial charge on any atom is -0.380 e. The van der Waals surface area contributed by atoms with E-state index in [-0.39, 0.29) is 48.4 Å². The van der Waals surface area contributed by atoms with E-state index < -0.39 is 0 Å². The molecule has 198 valence electrons. The summed E-state index contributed by atoms with van der Waals surface area (Å²) >= 11 is 0. The van der Waals surface area contributed by atoms with E-state index in [4.69, 9.17) is 15.2 Å². The second kappa shape index (κ2) is 13.2. The minimum atomic E-state index is -0.300. The second-order valence-corrected chi connectivity index (χ2v) is 9.86. The molecule has 0 radical (unpaired) electrons. The number of anilines is 1. The fourth-order valence-electron chi connectivity index (χ4n) is 4.34. The van der Waals surface area contributed by atoms with Crippen LogP contribution in [-0.4, -0.2) is 42.8 Å². The maximum Gasteiger partial charge on any atom is 0.230 e. The van der Waals surface area contributed by atoms with Crippen molar-refractivity contribution in [2.24, 2.45) is 11.7 Å². The monoisotopic (exact) mass is 523 g/mol. The molecule has 1 aromatic heterocycles. The van der Waals surface area contributed by atoms with Gasteiger partial charge in [-0.05, 0) is 68.1 Å². The fourth-order valence-corrected chi connectivity index (χ4v) is 4.34. The summed E-state index contributed by atoms with van der Waals surface area (Å²) in [6.45, 7) is 7.00. The van der Waals surface area contributed by atoms with Gasteiger partial charge in [0.15, 0.2) is 0 Å². The van der Waals surface area contributed by atoms with Gasteiger partial charge in [-0.1, -0.05) is 42.5 Å². The number of nitrogens with two attached hydrogens (primary N) is 1. The minimum absolute atomic E-state index is 0. The molecule has 1 fully saturated rings. The number of ether oxygens (including phenoxy) is 2. The lowest BCUT2D eigenvalue weighted by molar-refractivity contribution is -0.120. The Morgan fingerprint density at radius 3 is 2.24 bits per heavy atom. The van der Waals surface area contributed by atoms with Crippen LogP contribution in [0.2, 0.25) is 0 Å². The Morgan fingerprint density at radius 1 is 1.03 bits per heavy atom. The number of nitrogens with zero attached hydrogens (tertiary/aromatic N) is 2. The predicted octanol–water partition coefficient (Wildman–Crippen LogP) is 5.59. The molecule has 2 N–H and O–H groups in total. The maximum absolute atomic E-state index is 13.6. The Morgan fingerprint density at radius 2 is 1.68 bits per heavy atom. The van der Waals surface area contributed by atoms with Gasteiger partial charge >= 0.3 is 0 Å². The number of aromatic nitrogens is 1. The number of hydrogen-bond acceptors (Lipinski definition) is 5. The first-order valence-electron chi connectivity index (χ1n) is 12.7. The summed E-state index contributed by atoms with van der Waals surface area (Å²) in [5.41, 5.74) is 11.6. The van der Waals surface area contributed by atoms with Crippen molar-refractivity contribution in [3.05, 3.63) is 84.2 Å². The highest BCUT2D eigenvalue weighted by Gasteiger charge is 2.47. The van der Waals surface area contributed by atoms with Gasteiger partial charge in [0, 0.05) is 49.1 Å². The Bertz CT molecular complexity index is 1120. The molecule has 3 aromatic rings. The normalized spacial score (nSPS) is 18.1. The van der Waals surface area contributed by atoms with Gasteiger partial charge in [0.1, 0.15) is 0 Å². The van der Waals surface area contributed by atoms with Crippen LogP contribution in [0, 0.1) is 5.92 Å². The molecule has 0 spiro atoms. The molecule has 1 saturated carbocycles. The number of methoxy groups -OCH3 is 1. The summed E-state index contributed by atoms with van der Waals surface area (Å²) in [7, 11) is 1.64. The summed E-state index contributed by atoms with van der Waals surface area (Å²) in [5.74, 6) is 0.173. The molecule has 0 unspecified atom stereocenters. The molecule has 4 rings (SSSR count). The van der Waals surface area contributed by atoms with Crippen molar-refractivity contribution in [2.75, 3.05) is 18.6 Å². The van der Waals surface area contributed by atoms with Gasteiger partial charge in [-0.25, -0.2) is 0 Å². The molecule has 0 bridgehead atoms. The number of halogens is 1. The third kappa shape index (κ3) is 7.39. The smallest absolute Gasteiger partial charge is 0.230 e. The number of pyridine rings is 1. The predicted molar refractivity (Wildman–Crippen MR) is 151 cm³/mol.